The van der Waals surface area contributed by atoms with Crippen LogP contribution in [0.2, 0.25) is 0 Å². The summed E-state index contributed by atoms with van der Waals surface area (Å²) in [6, 6.07) is 3.84. The lowest BCUT2D eigenvalue weighted by atomic mass is 10.3. The quantitative estimate of drug-likeness (QED) is 0.794. The first-order valence-electron chi connectivity index (χ1n) is 5.63. The van der Waals surface area contributed by atoms with Crippen molar-refractivity contribution >= 4 is 11.6 Å². The summed E-state index contributed by atoms with van der Waals surface area (Å²) in [5, 5.41) is 5.81. The molecule has 1 heterocycles. The third kappa shape index (κ3) is 4.03. The first-order chi connectivity index (χ1) is 8.04. The molecule has 0 aliphatic carbocycles. The molecule has 17 heavy (non-hydrogen) atoms. The van der Waals surface area contributed by atoms with E-state index < -0.39 is 0 Å². The summed E-state index contributed by atoms with van der Waals surface area (Å²) in [6.07, 6.45) is 1.64. The number of likely N-dealkylation sites (N-methyl/N-ethyl adjacent to an activating group) is 1. The molecule has 1 atom stereocenters. The minimum absolute atomic E-state index is 0.138. The molecule has 1 amide bonds. The van der Waals surface area contributed by atoms with Gasteiger partial charge in [-0.05, 0) is 33.2 Å². The fraction of sp³-hybridized carbons (Fsp3) is 0.500. The van der Waals surface area contributed by atoms with Gasteiger partial charge in [0.05, 0.1) is 11.9 Å². The van der Waals surface area contributed by atoms with Crippen LogP contribution in [0.1, 0.15) is 17.4 Å². The molecular weight excluding hydrogens is 216 g/mol. The number of hydrogen-bond donors (Lipinski definition) is 2. The second-order valence-corrected chi connectivity index (χ2v) is 4.20. The van der Waals surface area contributed by atoms with E-state index in [0.29, 0.717) is 18.3 Å². The van der Waals surface area contributed by atoms with Crippen LogP contribution >= 0.6 is 0 Å². The zero-order valence-electron chi connectivity index (χ0n) is 10.8. The van der Waals surface area contributed by atoms with Crippen LogP contribution in [0.4, 0.5) is 5.69 Å². The van der Waals surface area contributed by atoms with E-state index in [1.807, 2.05) is 27.2 Å². The molecule has 5 nitrogen and oxygen atoms in total. The van der Waals surface area contributed by atoms with Gasteiger partial charge in [-0.15, -0.1) is 0 Å². The van der Waals surface area contributed by atoms with Crippen LogP contribution in [0, 0.1) is 0 Å². The second kappa shape index (κ2) is 6.20. The smallest absolute Gasteiger partial charge is 0.269 e. The van der Waals surface area contributed by atoms with Crippen molar-refractivity contribution < 1.29 is 4.79 Å². The van der Waals surface area contributed by atoms with E-state index in [1.165, 1.54) is 0 Å². The molecule has 0 spiro atoms. The largest absolute Gasteiger partial charge is 0.387 e. The standard InChI is InChI=1S/C12H20N4O/c1-9(16(3)4)7-15-12(17)11-6-5-10(13-2)8-14-11/h5-6,8-9,13H,7H2,1-4H3,(H,15,17). The summed E-state index contributed by atoms with van der Waals surface area (Å²) < 4.78 is 0. The first-order valence-corrected chi connectivity index (χ1v) is 5.63. The summed E-state index contributed by atoms with van der Waals surface area (Å²) in [6.45, 7) is 2.67. The Labute approximate surface area is 102 Å². The average Bonchev–Trinajstić information content (AvgIpc) is 2.35. The molecule has 0 aliphatic heterocycles. The highest BCUT2D eigenvalue weighted by atomic mass is 16.1. The van der Waals surface area contributed by atoms with Crippen molar-refractivity contribution in [3.63, 3.8) is 0 Å². The topological polar surface area (TPSA) is 57.3 Å². The van der Waals surface area contributed by atoms with Gasteiger partial charge in [0, 0.05) is 19.6 Å². The number of hydrogen-bond acceptors (Lipinski definition) is 4. The Kier molecular flexibility index (Phi) is 4.90. The highest BCUT2D eigenvalue weighted by Crippen LogP contribution is 2.04. The predicted molar refractivity (Wildman–Crippen MR) is 69.3 cm³/mol. The normalized spacial score (nSPS) is 12.3. The van der Waals surface area contributed by atoms with Gasteiger partial charge in [-0.1, -0.05) is 0 Å². The second-order valence-electron chi connectivity index (χ2n) is 4.20. The van der Waals surface area contributed by atoms with Crippen LogP contribution in [-0.2, 0) is 0 Å². The number of aromatic nitrogens is 1. The monoisotopic (exact) mass is 236 g/mol. The molecule has 0 aromatic carbocycles. The Hall–Kier alpha value is -1.62. The van der Waals surface area contributed by atoms with Gasteiger partial charge in [-0.2, -0.15) is 0 Å². The predicted octanol–water partition coefficient (Wildman–Crippen LogP) is 0.803. The molecule has 0 fully saturated rings. The van der Waals surface area contributed by atoms with Gasteiger partial charge in [0.2, 0.25) is 0 Å². The van der Waals surface area contributed by atoms with Crippen molar-refractivity contribution in [3.05, 3.63) is 24.0 Å². The number of pyridine rings is 1. The minimum Gasteiger partial charge on any atom is -0.387 e. The van der Waals surface area contributed by atoms with E-state index in [0.717, 1.165) is 5.69 Å². The fourth-order valence-electron chi connectivity index (χ4n) is 1.19. The SMILES string of the molecule is CNc1ccc(C(=O)NCC(C)N(C)C)nc1. The van der Waals surface area contributed by atoms with Crippen LogP contribution < -0.4 is 10.6 Å². The molecule has 0 aliphatic rings. The van der Waals surface area contributed by atoms with Gasteiger partial charge in [0.1, 0.15) is 5.69 Å². The van der Waals surface area contributed by atoms with Crippen molar-refractivity contribution in [1.82, 2.24) is 15.2 Å². The molecule has 1 rings (SSSR count). The van der Waals surface area contributed by atoms with Crippen molar-refractivity contribution in [2.45, 2.75) is 13.0 Å². The maximum atomic E-state index is 11.8. The number of amides is 1. The lowest BCUT2D eigenvalue weighted by Gasteiger charge is -2.19. The summed E-state index contributed by atoms with van der Waals surface area (Å²) >= 11 is 0. The number of carbonyl (C=O) groups excluding carboxylic acids is 1. The van der Waals surface area contributed by atoms with Gasteiger partial charge in [-0.25, -0.2) is 4.98 Å². The summed E-state index contributed by atoms with van der Waals surface area (Å²) in [4.78, 5) is 17.9. The van der Waals surface area contributed by atoms with E-state index >= 15 is 0 Å². The van der Waals surface area contributed by atoms with Gasteiger partial charge < -0.3 is 15.5 Å². The van der Waals surface area contributed by atoms with Gasteiger partial charge in [0.25, 0.3) is 5.91 Å². The summed E-state index contributed by atoms with van der Waals surface area (Å²) in [5.41, 5.74) is 1.33. The Balaban J connectivity index is 2.52. The number of rotatable bonds is 5. The Morgan fingerprint density at radius 2 is 2.18 bits per heavy atom. The molecule has 5 heteroatoms. The number of nitrogens with one attached hydrogen (secondary N) is 2. The average molecular weight is 236 g/mol. The molecular formula is C12H20N4O. The van der Waals surface area contributed by atoms with E-state index in [1.54, 1.807) is 12.3 Å². The molecule has 94 valence electrons. The van der Waals surface area contributed by atoms with Crippen molar-refractivity contribution in [1.29, 1.82) is 0 Å². The number of carbonyl (C=O) groups is 1. The molecule has 2 N–H and O–H groups in total. The Bertz CT molecular complexity index is 361. The van der Waals surface area contributed by atoms with Crippen LogP contribution in [0.25, 0.3) is 0 Å². The number of anilines is 1. The lowest BCUT2D eigenvalue weighted by molar-refractivity contribution is 0.0938. The summed E-state index contributed by atoms with van der Waals surface area (Å²) in [5.74, 6) is -0.138. The van der Waals surface area contributed by atoms with E-state index in [2.05, 4.69) is 27.4 Å². The molecule has 1 unspecified atom stereocenters. The van der Waals surface area contributed by atoms with Crippen LogP contribution in [-0.4, -0.2) is 49.5 Å². The van der Waals surface area contributed by atoms with Crippen LogP contribution in [0.15, 0.2) is 18.3 Å². The van der Waals surface area contributed by atoms with E-state index in [9.17, 15) is 4.79 Å². The molecule has 1 aromatic rings. The zero-order chi connectivity index (χ0) is 12.8. The minimum atomic E-state index is -0.138. The van der Waals surface area contributed by atoms with Gasteiger partial charge in [-0.3, -0.25) is 4.79 Å². The molecule has 0 saturated heterocycles. The fourth-order valence-corrected chi connectivity index (χ4v) is 1.19. The van der Waals surface area contributed by atoms with Crippen LogP contribution in [0.5, 0.6) is 0 Å². The molecule has 0 saturated carbocycles. The maximum Gasteiger partial charge on any atom is 0.269 e. The first kappa shape index (κ1) is 13.4. The summed E-state index contributed by atoms with van der Waals surface area (Å²) in [7, 11) is 5.78. The third-order valence-electron chi connectivity index (χ3n) is 2.72. The third-order valence-corrected chi connectivity index (χ3v) is 2.72. The molecule has 0 radical (unpaired) electrons. The van der Waals surface area contributed by atoms with Crippen molar-refractivity contribution in [2.75, 3.05) is 33.0 Å². The van der Waals surface area contributed by atoms with Gasteiger partial charge in [0.15, 0.2) is 0 Å². The Morgan fingerprint density at radius 3 is 2.65 bits per heavy atom. The van der Waals surface area contributed by atoms with E-state index in [-0.39, 0.29) is 5.91 Å². The van der Waals surface area contributed by atoms with E-state index in [4.69, 9.17) is 0 Å². The molecule has 1 aromatic heterocycles. The van der Waals surface area contributed by atoms with Crippen molar-refractivity contribution in [3.8, 4) is 0 Å². The van der Waals surface area contributed by atoms with Crippen molar-refractivity contribution in [2.24, 2.45) is 0 Å². The highest BCUT2D eigenvalue weighted by molar-refractivity contribution is 5.92. The highest BCUT2D eigenvalue weighted by Gasteiger charge is 2.09. The maximum absolute atomic E-state index is 11.8. The number of nitrogens with zero attached hydrogens (tertiary/aromatic N) is 2. The Morgan fingerprint density at radius 1 is 1.47 bits per heavy atom. The van der Waals surface area contributed by atoms with Crippen LogP contribution in [0.3, 0.4) is 0 Å². The van der Waals surface area contributed by atoms with Gasteiger partial charge >= 0.3 is 0 Å². The lowest BCUT2D eigenvalue weighted by Crippen LogP contribution is -2.38. The molecule has 0 bridgehead atoms. The zero-order valence-corrected chi connectivity index (χ0v) is 10.8.